The van der Waals surface area contributed by atoms with Gasteiger partial charge in [0.15, 0.2) is 0 Å². The average Bonchev–Trinajstić information content (AvgIpc) is 2.34. The number of hydrogen-bond acceptors (Lipinski definition) is 2. The van der Waals surface area contributed by atoms with Crippen LogP contribution in [0.3, 0.4) is 0 Å². The van der Waals surface area contributed by atoms with Gasteiger partial charge in [-0.3, -0.25) is 0 Å². The summed E-state index contributed by atoms with van der Waals surface area (Å²) in [7, 11) is 1.81. The van der Waals surface area contributed by atoms with Crippen LogP contribution in [0.25, 0.3) is 0 Å². The van der Waals surface area contributed by atoms with Crippen molar-refractivity contribution in [2.75, 3.05) is 13.7 Å². The summed E-state index contributed by atoms with van der Waals surface area (Å²) in [6.07, 6.45) is 5.42. The van der Waals surface area contributed by atoms with Crippen molar-refractivity contribution in [2.24, 2.45) is 0 Å². The Kier molecular flexibility index (Phi) is 4.94. The van der Waals surface area contributed by atoms with Crippen molar-refractivity contribution in [1.82, 2.24) is 5.32 Å². The third-order valence-electron chi connectivity index (χ3n) is 4.18. The number of benzene rings is 1. The predicted octanol–water partition coefficient (Wildman–Crippen LogP) is 3.31. The Morgan fingerprint density at radius 2 is 2.21 bits per heavy atom. The molecule has 0 bridgehead atoms. The van der Waals surface area contributed by atoms with E-state index in [1.807, 2.05) is 13.2 Å². The zero-order valence-electron chi connectivity index (χ0n) is 11.9. The molecule has 1 aromatic rings. The van der Waals surface area contributed by atoms with Gasteiger partial charge in [-0.05, 0) is 56.3 Å². The van der Waals surface area contributed by atoms with Gasteiger partial charge in [-0.2, -0.15) is 0 Å². The SMILES string of the molecule is CCNC(Cc1cccc(F)c1)CC1(OC)CCC1. The van der Waals surface area contributed by atoms with E-state index in [9.17, 15) is 4.39 Å². The standard InChI is InChI=1S/C16H24FNO/c1-3-18-15(12-16(19-2)8-5-9-16)11-13-6-4-7-14(17)10-13/h4,6-7,10,15,18H,3,5,8-9,11-12H2,1-2H3. The molecular formula is C16H24FNO. The van der Waals surface area contributed by atoms with Crippen molar-refractivity contribution in [1.29, 1.82) is 0 Å². The van der Waals surface area contributed by atoms with Crippen LogP contribution in [-0.2, 0) is 11.2 Å². The van der Waals surface area contributed by atoms with Gasteiger partial charge in [0.25, 0.3) is 0 Å². The molecule has 0 aliphatic heterocycles. The Labute approximate surface area is 115 Å². The minimum absolute atomic E-state index is 0.0557. The maximum atomic E-state index is 13.2. The molecule has 2 nitrogen and oxygen atoms in total. The highest BCUT2D eigenvalue weighted by Gasteiger charge is 2.38. The number of methoxy groups -OCH3 is 1. The molecule has 1 aliphatic rings. The zero-order chi connectivity index (χ0) is 13.7. The van der Waals surface area contributed by atoms with Crippen LogP contribution < -0.4 is 5.32 Å². The first-order valence-corrected chi connectivity index (χ1v) is 7.20. The third-order valence-corrected chi connectivity index (χ3v) is 4.18. The summed E-state index contributed by atoms with van der Waals surface area (Å²) in [6.45, 7) is 3.04. The number of likely N-dealkylation sites (N-methyl/N-ethyl adjacent to an activating group) is 1. The molecule has 106 valence electrons. The molecule has 1 saturated carbocycles. The number of halogens is 1. The summed E-state index contributed by atoms with van der Waals surface area (Å²) in [5.41, 5.74) is 1.11. The van der Waals surface area contributed by atoms with Crippen LogP contribution in [0.2, 0.25) is 0 Å². The highest BCUT2D eigenvalue weighted by atomic mass is 19.1. The van der Waals surface area contributed by atoms with Crippen molar-refractivity contribution >= 4 is 0 Å². The highest BCUT2D eigenvalue weighted by Crippen LogP contribution is 2.39. The summed E-state index contributed by atoms with van der Waals surface area (Å²) in [5.74, 6) is -0.155. The topological polar surface area (TPSA) is 21.3 Å². The number of ether oxygens (including phenoxy) is 1. The first-order chi connectivity index (χ1) is 9.17. The van der Waals surface area contributed by atoms with Crippen LogP contribution in [0.15, 0.2) is 24.3 Å². The van der Waals surface area contributed by atoms with E-state index in [0.717, 1.165) is 37.8 Å². The van der Waals surface area contributed by atoms with Gasteiger partial charge in [-0.15, -0.1) is 0 Å². The van der Waals surface area contributed by atoms with Gasteiger partial charge >= 0.3 is 0 Å². The van der Waals surface area contributed by atoms with Gasteiger partial charge in [0.05, 0.1) is 5.60 Å². The normalized spacial score (nSPS) is 18.9. The molecule has 0 radical (unpaired) electrons. The van der Waals surface area contributed by atoms with Crippen molar-refractivity contribution in [3.63, 3.8) is 0 Å². The summed E-state index contributed by atoms with van der Waals surface area (Å²) >= 11 is 0. The highest BCUT2D eigenvalue weighted by molar-refractivity contribution is 5.17. The molecule has 1 atom stereocenters. The predicted molar refractivity (Wildman–Crippen MR) is 75.8 cm³/mol. The fourth-order valence-electron chi connectivity index (χ4n) is 2.97. The van der Waals surface area contributed by atoms with Crippen molar-refractivity contribution in [3.05, 3.63) is 35.6 Å². The Morgan fingerprint density at radius 3 is 2.74 bits per heavy atom. The summed E-state index contributed by atoms with van der Waals surface area (Å²) in [5, 5.41) is 3.51. The van der Waals surface area contributed by atoms with E-state index in [2.05, 4.69) is 12.2 Å². The molecule has 0 saturated heterocycles. The minimum atomic E-state index is -0.155. The van der Waals surface area contributed by atoms with Crippen LogP contribution in [0.1, 0.15) is 38.2 Å². The molecular weight excluding hydrogens is 241 g/mol. The molecule has 0 heterocycles. The Balaban J connectivity index is 1.99. The smallest absolute Gasteiger partial charge is 0.123 e. The van der Waals surface area contributed by atoms with E-state index < -0.39 is 0 Å². The van der Waals surface area contributed by atoms with Crippen LogP contribution in [-0.4, -0.2) is 25.3 Å². The molecule has 1 N–H and O–H groups in total. The Morgan fingerprint density at radius 1 is 1.42 bits per heavy atom. The van der Waals surface area contributed by atoms with E-state index >= 15 is 0 Å². The second kappa shape index (κ2) is 6.49. The summed E-state index contributed by atoms with van der Waals surface area (Å²) < 4.78 is 18.9. The summed E-state index contributed by atoms with van der Waals surface area (Å²) in [4.78, 5) is 0. The van der Waals surface area contributed by atoms with Crippen molar-refractivity contribution < 1.29 is 9.13 Å². The molecule has 0 amide bonds. The Bertz CT molecular complexity index is 398. The second-order valence-electron chi connectivity index (χ2n) is 5.53. The molecule has 1 unspecified atom stereocenters. The fourth-order valence-corrected chi connectivity index (χ4v) is 2.97. The van der Waals surface area contributed by atoms with Gasteiger partial charge in [0.2, 0.25) is 0 Å². The zero-order valence-corrected chi connectivity index (χ0v) is 11.9. The van der Waals surface area contributed by atoms with Crippen LogP contribution in [0, 0.1) is 5.82 Å². The maximum absolute atomic E-state index is 13.2. The monoisotopic (exact) mass is 265 g/mol. The van der Waals surface area contributed by atoms with Crippen molar-refractivity contribution in [3.8, 4) is 0 Å². The van der Waals surface area contributed by atoms with E-state index in [0.29, 0.717) is 6.04 Å². The van der Waals surface area contributed by atoms with Gasteiger partial charge < -0.3 is 10.1 Å². The minimum Gasteiger partial charge on any atom is -0.378 e. The number of rotatable bonds is 7. The largest absolute Gasteiger partial charge is 0.378 e. The quantitative estimate of drug-likeness (QED) is 0.816. The molecule has 1 aromatic carbocycles. The van der Waals surface area contributed by atoms with Gasteiger partial charge in [0.1, 0.15) is 5.82 Å². The molecule has 1 aliphatic carbocycles. The van der Waals surface area contributed by atoms with Gasteiger partial charge in [0, 0.05) is 13.2 Å². The molecule has 3 heteroatoms. The van der Waals surface area contributed by atoms with Gasteiger partial charge in [-0.1, -0.05) is 19.1 Å². The molecule has 0 spiro atoms. The second-order valence-corrected chi connectivity index (χ2v) is 5.53. The summed E-state index contributed by atoms with van der Waals surface area (Å²) in [6, 6.07) is 7.25. The lowest BCUT2D eigenvalue weighted by Crippen LogP contribution is -2.46. The van der Waals surface area contributed by atoms with E-state index in [-0.39, 0.29) is 11.4 Å². The van der Waals surface area contributed by atoms with Crippen molar-refractivity contribution in [2.45, 2.75) is 50.7 Å². The van der Waals surface area contributed by atoms with Gasteiger partial charge in [-0.25, -0.2) is 4.39 Å². The maximum Gasteiger partial charge on any atom is 0.123 e. The average molecular weight is 265 g/mol. The fraction of sp³-hybridized carbons (Fsp3) is 0.625. The van der Waals surface area contributed by atoms with E-state index in [1.165, 1.54) is 12.5 Å². The first-order valence-electron chi connectivity index (χ1n) is 7.20. The molecule has 2 rings (SSSR count). The van der Waals surface area contributed by atoms with Crippen LogP contribution in [0.5, 0.6) is 0 Å². The first kappa shape index (κ1) is 14.5. The molecule has 19 heavy (non-hydrogen) atoms. The lowest BCUT2D eigenvalue weighted by atomic mass is 9.75. The number of hydrogen-bond donors (Lipinski definition) is 1. The van der Waals surface area contributed by atoms with Crippen LogP contribution >= 0.6 is 0 Å². The number of nitrogens with one attached hydrogen (secondary N) is 1. The third kappa shape index (κ3) is 3.77. The van der Waals surface area contributed by atoms with E-state index in [1.54, 1.807) is 12.1 Å². The van der Waals surface area contributed by atoms with E-state index in [4.69, 9.17) is 4.74 Å². The lowest BCUT2D eigenvalue weighted by Gasteiger charge is -2.43. The molecule has 0 aromatic heterocycles. The lowest BCUT2D eigenvalue weighted by molar-refractivity contribution is -0.0833. The Hall–Kier alpha value is -0.930. The van der Waals surface area contributed by atoms with Crippen LogP contribution in [0.4, 0.5) is 4.39 Å². The molecule has 1 fully saturated rings.